The zero-order chi connectivity index (χ0) is 14.5. The van der Waals surface area contributed by atoms with E-state index in [0.717, 1.165) is 17.5 Å². The lowest BCUT2D eigenvalue weighted by Gasteiger charge is -2.36. The quantitative estimate of drug-likeness (QED) is 0.361. The Hall–Kier alpha value is -0.283. The fourth-order valence-corrected chi connectivity index (χ4v) is 3.02. The first-order valence-electron chi connectivity index (χ1n) is 7.10. The molecule has 3 heteroatoms. The topological polar surface area (TPSA) is 9.23 Å². The van der Waals surface area contributed by atoms with Gasteiger partial charge in [0.15, 0.2) is 0 Å². The van der Waals surface area contributed by atoms with E-state index in [-0.39, 0.29) is 5.04 Å². The SMILES string of the molecule is CC(C)(C)[Si](C)(C)Oc1ccc(CCCCBr)cc1. The van der Waals surface area contributed by atoms with Crippen LogP contribution in [0.3, 0.4) is 0 Å². The van der Waals surface area contributed by atoms with Crippen molar-refractivity contribution in [3.8, 4) is 5.75 Å². The first kappa shape index (κ1) is 16.8. The largest absolute Gasteiger partial charge is 0.544 e. The third kappa shape index (κ3) is 5.31. The van der Waals surface area contributed by atoms with Crippen LogP contribution in [0.2, 0.25) is 18.1 Å². The van der Waals surface area contributed by atoms with Crippen molar-refractivity contribution in [2.45, 2.75) is 58.2 Å². The number of unbranched alkanes of at least 4 members (excludes halogenated alkanes) is 1. The van der Waals surface area contributed by atoms with Gasteiger partial charge in [0.1, 0.15) is 5.75 Å². The highest BCUT2D eigenvalue weighted by molar-refractivity contribution is 9.09. The molecule has 0 saturated heterocycles. The minimum Gasteiger partial charge on any atom is -0.544 e. The average molecular weight is 343 g/mol. The predicted octanol–water partition coefficient (Wildman–Crippen LogP) is 5.79. The molecule has 19 heavy (non-hydrogen) atoms. The maximum absolute atomic E-state index is 6.28. The highest BCUT2D eigenvalue weighted by Crippen LogP contribution is 2.37. The van der Waals surface area contributed by atoms with Crippen molar-refractivity contribution in [3.63, 3.8) is 0 Å². The second kappa shape index (κ2) is 6.94. The van der Waals surface area contributed by atoms with Crippen LogP contribution in [-0.4, -0.2) is 13.6 Å². The zero-order valence-corrected chi connectivity index (χ0v) is 15.5. The molecule has 0 aliphatic rings. The summed E-state index contributed by atoms with van der Waals surface area (Å²) < 4.78 is 6.28. The summed E-state index contributed by atoms with van der Waals surface area (Å²) in [6.07, 6.45) is 3.64. The van der Waals surface area contributed by atoms with Crippen LogP contribution in [0.1, 0.15) is 39.2 Å². The van der Waals surface area contributed by atoms with Crippen molar-refractivity contribution >= 4 is 24.2 Å². The van der Waals surface area contributed by atoms with Crippen molar-refractivity contribution in [1.29, 1.82) is 0 Å². The number of alkyl halides is 1. The summed E-state index contributed by atoms with van der Waals surface area (Å²) in [6, 6.07) is 8.67. The summed E-state index contributed by atoms with van der Waals surface area (Å²) >= 11 is 3.47. The average Bonchev–Trinajstić information content (AvgIpc) is 2.30. The van der Waals surface area contributed by atoms with Crippen LogP contribution in [0.15, 0.2) is 24.3 Å². The van der Waals surface area contributed by atoms with Crippen LogP contribution in [0.4, 0.5) is 0 Å². The highest BCUT2D eigenvalue weighted by atomic mass is 79.9. The molecule has 0 fully saturated rings. The number of rotatable bonds is 6. The molecule has 1 aromatic carbocycles. The molecule has 0 heterocycles. The van der Waals surface area contributed by atoms with E-state index >= 15 is 0 Å². The number of aryl methyl sites for hydroxylation is 1. The van der Waals surface area contributed by atoms with Gasteiger partial charge in [0.25, 0.3) is 0 Å². The number of hydrogen-bond acceptors (Lipinski definition) is 1. The molecule has 1 nitrogen and oxygen atoms in total. The zero-order valence-electron chi connectivity index (χ0n) is 12.9. The molecule has 0 radical (unpaired) electrons. The molecule has 0 aliphatic heterocycles. The van der Waals surface area contributed by atoms with Gasteiger partial charge in [0, 0.05) is 5.33 Å². The lowest BCUT2D eigenvalue weighted by molar-refractivity contribution is 0.492. The van der Waals surface area contributed by atoms with Gasteiger partial charge in [-0.05, 0) is 55.1 Å². The van der Waals surface area contributed by atoms with Crippen LogP contribution in [0.25, 0.3) is 0 Å². The van der Waals surface area contributed by atoms with Crippen LogP contribution in [0, 0.1) is 0 Å². The molecular formula is C16H27BrOSi. The van der Waals surface area contributed by atoms with Gasteiger partial charge in [0.2, 0.25) is 8.32 Å². The van der Waals surface area contributed by atoms with E-state index in [1.165, 1.54) is 18.4 Å². The van der Waals surface area contributed by atoms with E-state index in [1.54, 1.807) is 0 Å². The van der Waals surface area contributed by atoms with E-state index < -0.39 is 8.32 Å². The summed E-state index contributed by atoms with van der Waals surface area (Å²) in [5, 5.41) is 1.35. The molecule has 0 aromatic heterocycles. The maximum Gasteiger partial charge on any atom is 0.250 e. The molecular weight excluding hydrogens is 316 g/mol. The van der Waals surface area contributed by atoms with Crippen molar-refractivity contribution in [2.75, 3.05) is 5.33 Å². The Morgan fingerprint density at radius 2 is 1.63 bits per heavy atom. The first-order valence-corrected chi connectivity index (χ1v) is 11.1. The standard InChI is InChI=1S/C16H27BrOSi/c1-16(2,3)19(4,5)18-15-11-9-14(10-12-15)8-6-7-13-17/h9-12H,6-8,13H2,1-5H3. The van der Waals surface area contributed by atoms with Gasteiger partial charge >= 0.3 is 0 Å². The van der Waals surface area contributed by atoms with Gasteiger partial charge < -0.3 is 4.43 Å². The Morgan fingerprint density at radius 3 is 2.11 bits per heavy atom. The fraction of sp³-hybridized carbons (Fsp3) is 0.625. The van der Waals surface area contributed by atoms with Crippen LogP contribution in [0.5, 0.6) is 5.75 Å². The van der Waals surface area contributed by atoms with Gasteiger partial charge in [-0.25, -0.2) is 0 Å². The monoisotopic (exact) mass is 342 g/mol. The van der Waals surface area contributed by atoms with Crippen molar-refractivity contribution in [1.82, 2.24) is 0 Å². The highest BCUT2D eigenvalue weighted by Gasteiger charge is 2.38. The second-order valence-electron chi connectivity index (χ2n) is 6.65. The second-order valence-corrected chi connectivity index (χ2v) is 12.2. The molecule has 1 rings (SSSR count). The minimum atomic E-state index is -1.70. The number of halogens is 1. The lowest BCUT2D eigenvalue weighted by Crippen LogP contribution is -2.43. The van der Waals surface area contributed by atoms with Gasteiger partial charge in [-0.3, -0.25) is 0 Å². The molecule has 0 saturated carbocycles. The van der Waals surface area contributed by atoms with Crippen molar-refractivity contribution in [2.24, 2.45) is 0 Å². The van der Waals surface area contributed by atoms with Gasteiger partial charge in [-0.15, -0.1) is 0 Å². The summed E-state index contributed by atoms with van der Waals surface area (Å²) in [5.41, 5.74) is 1.41. The Bertz CT molecular complexity index is 379. The Balaban J connectivity index is 2.62. The third-order valence-corrected chi connectivity index (χ3v) is 8.87. The minimum absolute atomic E-state index is 0.252. The summed E-state index contributed by atoms with van der Waals surface area (Å²) in [7, 11) is -1.70. The molecule has 0 aliphatic carbocycles. The molecule has 1 aromatic rings. The smallest absolute Gasteiger partial charge is 0.250 e. The fourth-order valence-electron chi connectivity index (χ4n) is 1.60. The Labute approximate surface area is 128 Å². The summed E-state index contributed by atoms with van der Waals surface area (Å²) in [5.74, 6) is 1.02. The molecule has 108 valence electrons. The van der Waals surface area contributed by atoms with Crippen LogP contribution < -0.4 is 4.43 Å². The van der Waals surface area contributed by atoms with Gasteiger partial charge in [0.05, 0.1) is 0 Å². The molecule has 0 unspecified atom stereocenters. The molecule has 0 atom stereocenters. The number of benzene rings is 1. The maximum atomic E-state index is 6.28. The summed E-state index contributed by atoms with van der Waals surface area (Å²) in [4.78, 5) is 0. The van der Waals surface area contributed by atoms with E-state index in [4.69, 9.17) is 4.43 Å². The Morgan fingerprint density at radius 1 is 1.05 bits per heavy atom. The normalized spacial score (nSPS) is 12.5. The molecule has 0 N–H and O–H groups in total. The van der Waals surface area contributed by atoms with Crippen LogP contribution in [-0.2, 0) is 6.42 Å². The lowest BCUT2D eigenvalue weighted by atomic mass is 10.1. The Kier molecular flexibility index (Phi) is 6.12. The summed E-state index contributed by atoms with van der Waals surface area (Å²) in [6.45, 7) is 11.4. The van der Waals surface area contributed by atoms with E-state index in [2.05, 4.69) is 74.1 Å². The third-order valence-electron chi connectivity index (χ3n) is 3.95. The molecule has 0 spiro atoms. The molecule has 0 bridgehead atoms. The molecule has 0 amide bonds. The van der Waals surface area contributed by atoms with E-state index in [0.29, 0.717) is 0 Å². The van der Waals surface area contributed by atoms with Crippen molar-refractivity contribution in [3.05, 3.63) is 29.8 Å². The van der Waals surface area contributed by atoms with Crippen LogP contribution >= 0.6 is 15.9 Å². The first-order chi connectivity index (χ1) is 8.76. The van der Waals surface area contributed by atoms with Gasteiger partial charge in [-0.1, -0.05) is 48.8 Å². The van der Waals surface area contributed by atoms with E-state index in [9.17, 15) is 0 Å². The van der Waals surface area contributed by atoms with E-state index in [1.807, 2.05) is 0 Å². The van der Waals surface area contributed by atoms with Gasteiger partial charge in [-0.2, -0.15) is 0 Å². The van der Waals surface area contributed by atoms with Crippen molar-refractivity contribution < 1.29 is 4.43 Å². The number of hydrogen-bond donors (Lipinski definition) is 0. The predicted molar refractivity (Wildman–Crippen MR) is 91.0 cm³/mol.